The van der Waals surface area contributed by atoms with E-state index < -0.39 is 11.6 Å². The zero-order valence-electron chi connectivity index (χ0n) is 20.7. The fraction of sp³-hybridized carbons (Fsp3) is 0.138. The topological polar surface area (TPSA) is 75.8 Å². The average molecular weight is 496 g/mol. The van der Waals surface area contributed by atoms with Crippen LogP contribution in [0.5, 0.6) is 11.6 Å². The Kier molecular flexibility index (Phi) is 6.06. The number of anilines is 2. The highest BCUT2D eigenvalue weighted by Crippen LogP contribution is 2.36. The second-order valence-corrected chi connectivity index (χ2v) is 8.96. The van der Waals surface area contributed by atoms with Crippen LogP contribution in [-0.2, 0) is 7.05 Å². The second kappa shape index (κ2) is 9.36. The minimum absolute atomic E-state index is 0.250. The van der Waals surface area contributed by atoms with Gasteiger partial charge in [-0.3, -0.25) is 0 Å². The van der Waals surface area contributed by atoms with Crippen LogP contribution < -0.4 is 10.1 Å². The van der Waals surface area contributed by atoms with Crippen LogP contribution in [0.4, 0.5) is 20.4 Å². The molecule has 0 spiro atoms. The molecular formula is C29H23F2N5O. The van der Waals surface area contributed by atoms with E-state index in [-0.39, 0.29) is 5.56 Å². The molecule has 0 bridgehead atoms. The van der Waals surface area contributed by atoms with Gasteiger partial charge in [0.15, 0.2) is 11.6 Å². The lowest BCUT2D eigenvalue weighted by Crippen LogP contribution is -2.02. The molecule has 1 N–H and O–H groups in total. The van der Waals surface area contributed by atoms with Crippen LogP contribution in [0.25, 0.3) is 22.2 Å². The van der Waals surface area contributed by atoms with Crippen LogP contribution >= 0.6 is 0 Å². The molecule has 6 nitrogen and oxygen atoms in total. The molecule has 5 aromatic rings. The van der Waals surface area contributed by atoms with E-state index in [0.717, 1.165) is 27.9 Å². The maximum absolute atomic E-state index is 14.0. The van der Waals surface area contributed by atoms with Gasteiger partial charge in [0, 0.05) is 18.9 Å². The molecule has 184 valence electrons. The van der Waals surface area contributed by atoms with Crippen molar-refractivity contribution in [2.24, 2.45) is 7.05 Å². The van der Waals surface area contributed by atoms with Crippen LogP contribution in [0.3, 0.4) is 0 Å². The predicted octanol–water partition coefficient (Wildman–Crippen LogP) is 7.25. The molecule has 0 fully saturated rings. The van der Waals surface area contributed by atoms with Gasteiger partial charge in [-0.25, -0.2) is 13.8 Å². The van der Waals surface area contributed by atoms with Crippen molar-refractivity contribution >= 4 is 22.7 Å². The van der Waals surface area contributed by atoms with E-state index in [1.165, 1.54) is 6.07 Å². The number of aromatic nitrogens is 3. The summed E-state index contributed by atoms with van der Waals surface area (Å²) in [7, 11) is 1.89. The van der Waals surface area contributed by atoms with Crippen LogP contribution in [0.1, 0.15) is 22.3 Å². The molecule has 3 aromatic carbocycles. The number of nitrogens with zero attached hydrogens (tertiary/aromatic N) is 4. The minimum atomic E-state index is -0.875. The molecule has 0 atom stereocenters. The van der Waals surface area contributed by atoms with E-state index in [0.29, 0.717) is 34.2 Å². The number of benzene rings is 3. The highest BCUT2D eigenvalue weighted by atomic mass is 19.2. The molecule has 2 heterocycles. The molecule has 0 amide bonds. The van der Waals surface area contributed by atoms with Crippen molar-refractivity contribution in [1.82, 2.24) is 14.5 Å². The third kappa shape index (κ3) is 4.59. The number of aryl methyl sites for hydroxylation is 4. The Bertz CT molecular complexity index is 1650. The number of ether oxygens (including phenoxy) is 1. The lowest BCUT2D eigenvalue weighted by molar-refractivity contribution is 0.459. The summed E-state index contributed by atoms with van der Waals surface area (Å²) >= 11 is 0. The van der Waals surface area contributed by atoms with Crippen LogP contribution in [-0.4, -0.2) is 14.5 Å². The van der Waals surface area contributed by atoms with Gasteiger partial charge >= 0.3 is 0 Å². The van der Waals surface area contributed by atoms with E-state index >= 15 is 0 Å². The number of fused-ring (bicyclic) bond motifs is 1. The lowest BCUT2D eigenvalue weighted by atomic mass is 9.98. The van der Waals surface area contributed by atoms with Gasteiger partial charge in [0.1, 0.15) is 11.3 Å². The van der Waals surface area contributed by atoms with Gasteiger partial charge in [-0.1, -0.05) is 0 Å². The zero-order valence-corrected chi connectivity index (χ0v) is 20.7. The number of nitriles is 1. The Morgan fingerprint density at radius 1 is 0.892 bits per heavy atom. The van der Waals surface area contributed by atoms with Gasteiger partial charge in [0.05, 0.1) is 17.1 Å². The van der Waals surface area contributed by atoms with Gasteiger partial charge in [-0.05, 0) is 103 Å². The number of hydrogen-bond acceptors (Lipinski definition) is 5. The van der Waals surface area contributed by atoms with E-state index in [1.807, 2.05) is 49.9 Å². The normalized spacial score (nSPS) is 10.9. The van der Waals surface area contributed by atoms with Crippen LogP contribution in [0.15, 0.2) is 60.8 Å². The Hall–Kier alpha value is -4.77. The number of nitrogens with one attached hydrogen (secondary N) is 1. The number of rotatable bonds is 5. The third-order valence-corrected chi connectivity index (χ3v) is 6.16. The first-order valence-electron chi connectivity index (χ1n) is 11.6. The van der Waals surface area contributed by atoms with Gasteiger partial charge < -0.3 is 14.6 Å². The third-order valence-electron chi connectivity index (χ3n) is 6.16. The quantitative estimate of drug-likeness (QED) is 0.278. The molecule has 8 heteroatoms. The standard InChI is InChI=1S/C29H23F2N5O/c1-16-11-21(14-23(30)25(16)31)20-12-17(2)27(18(3)13-20)37-28-26-24(9-10-36(26)4)34-29(35-28)33-22-7-5-19(15-32)6-8-22/h5-14H,1-4H3,(H,33,34,35). The summed E-state index contributed by atoms with van der Waals surface area (Å²) in [4.78, 5) is 9.25. The highest BCUT2D eigenvalue weighted by Gasteiger charge is 2.17. The van der Waals surface area contributed by atoms with E-state index in [9.17, 15) is 8.78 Å². The zero-order chi connectivity index (χ0) is 26.3. The summed E-state index contributed by atoms with van der Waals surface area (Å²) in [6.45, 7) is 5.35. The van der Waals surface area contributed by atoms with Gasteiger partial charge in [-0.2, -0.15) is 10.2 Å². The smallest absolute Gasteiger partial charge is 0.249 e. The first kappa shape index (κ1) is 23.9. The molecule has 37 heavy (non-hydrogen) atoms. The monoisotopic (exact) mass is 495 g/mol. The molecule has 0 saturated heterocycles. The van der Waals surface area contributed by atoms with Crippen molar-refractivity contribution in [2.75, 3.05) is 5.32 Å². The Morgan fingerprint density at radius 2 is 1.54 bits per heavy atom. The molecule has 0 aliphatic heterocycles. The first-order valence-corrected chi connectivity index (χ1v) is 11.6. The SMILES string of the molecule is Cc1cc(-c2cc(C)c(Oc3nc(Nc4ccc(C#N)cc4)nc4ccn(C)c34)c(C)c2)cc(F)c1F. The molecular weight excluding hydrogens is 472 g/mol. The van der Waals surface area contributed by atoms with Crippen molar-refractivity contribution in [3.05, 3.63) is 94.7 Å². The van der Waals surface area contributed by atoms with E-state index in [1.54, 1.807) is 37.3 Å². The van der Waals surface area contributed by atoms with Crippen molar-refractivity contribution in [3.8, 4) is 28.8 Å². The maximum atomic E-state index is 14.0. The number of hydrogen-bond donors (Lipinski definition) is 1. The molecule has 0 aliphatic carbocycles. The fourth-order valence-electron chi connectivity index (χ4n) is 4.31. The summed E-state index contributed by atoms with van der Waals surface area (Å²) in [6, 6.07) is 17.6. The molecule has 0 saturated carbocycles. The first-order chi connectivity index (χ1) is 17.7. The Labute approximate surface area is 212 Å². The summed E-state index contributed by atoms with van der Waals surface area (Å²) < 4.78 is 36.1. The molecule has 0 radical (unpaired) electrons. The lowest BCUT2D eigenvalue weighted by Gasteiger charge is -2.16. The summed E-state index contributed by atoms with van der Waals surface area (Å²) in [5.74, 6) is -0.370. The van der Waals surface area contributed by atoms with Gasteiger partial charge in [0.25, 0.3) is 0 Å². The van der Waals surface area contributed by atoms with E-state index in [4.69, 9.17) is 10.00 Å². The summed E-state index contributed by atoms with van der Waals surface area (Å²) in [5.41, 5.74) is 5.96. The van der Waals surface area contributed by atoms with Crippen LogP contribution in [0, 0.1) is 43.7 Å². The average Bonchev–Trinajstić information content (AvgIpc) is 3.25. The largest absolute Gasteiger partial charge is 0.436 e. The minimum Gasteiger partial charge on any atom is -0.436 e. The molecule has 2 aromatic heterocycles. The fourth-order valence-corrected chi connectivity index (χ4v) is 4.31. The molecule has 0 unspecified atom stereocenters. The van der Waals surface area contributed by atoms with Crippen LogP contribution in [0.2, 0.25) is 0 Å². The highest BCUT2D eigenvalue weighted by molar-refractivity contribution is 5.83. The van der Waals surface area contributed by atoms with Crippen molar-refractivity contribution in [2.45, 2.75) is 20.8 Å². The van der Waals surface area contributed by atoms with Crippen molar-refractivity contribution < 1.29 is 13.5 Å². The Balaban J connectivity index is 1.53. The summed E-state index contributed by atoms with van der Waals surface area (Å²) in [6.07, 6.45) is 1.88. The molecule has 5 rings (SSSR count). The molecule has 0 aliphatic rings. The van der Waals surface area contributed by atoms with Gasteiger partial charge in [-0.15, -0.1) is 0 Å². The second-order valence-electron chi connectivity index (χ2n) is 8.96. The Morgan fingerprint density at radius 3 is 2.19 bits per heavy atom. The van der Waals surface area contributed by atoms with Crippen molar-refractivity contribution in [3.63, 3.8) is 0 Å². The van der Waals surface area contributed by atoms with Gasteiger partial charge in [0.2, 0.25) is 11.8 Å². The summed E-state index contributed by atoms with van der Waals surface area (Å²) in [5, 5.41) is 12.2. The van der Waals surface area contributed by atoms with E-state index in [2.05, 4.69) is 21.4 Å². The van der Waals surface area contributed by atoms with Crippen molar-refractivity contribution in [1.29, 1.82) is 5.26 Å². The maximum Gasteiger partial charge on any atom is 0.249 e. The number of halogens is 2. The predicted molar refractivity (Wildman–Crippen MR) is 139 cm³/mol.